The Morgan fingerprint density at radius 1 is 1.26 bits per heavy atom. The fourth-order valence-corrected chi connectivity index (χ4v) is 3.81. The molecule has 1 unspecified atom stereocenters. The third-order valence-corrected chi connectivity index (χ3v) is 5.35. The number of fused-ring (bicyclic) bond motifs is 1. The van der Waals surface area contributed by atoms with Gasteiger partial charge in [0.15, 0.2) is 0 Å². The van der Waals surface area contributed by atoms with E-state index in [2.05, 4.69) is 41.9 Å². The van der Waals surface area contributed by atoms with Gasteiger partial charge in [0, 0.05) is 36.8 Å². The number of aromatic nitrogens is 1. The molecule has 1 aromatic carbocycles. The Hall–Kier alpha value is -1.56. The largest absolute Gasteiger partial charge is 0.395 e. The predicted molar refractivity (Wildman–Crippen MR) is 121 cm³/mol. The second-order valence-electron chi connectivity index (χ2n) is 7.44. The summed E-state index contributed by atoms with van der Waals surface area (Å²) in [4.78, 5) is 8.80. The molecule has 146 valence electrons. The van der Waals surface area contributed by atoms with E-state index in [9.17, 15) is 5.11 Å². The highest BCUT2D eigenvalue weighted by atomic mass is 79.9. The van der Waals surface area contributed by atoms with Crippen LogP contribution in [0.2, 0.25) is 5.02 Å². The molecule has 27 heavy (non-hydrogen) atoms. The van der Waals surface area contributed by atoms with Gasteiger partial charge in [-0.25, -0.2) is 0 Å². The van der Waals surface area contributed by atoms with Crippen molar-refractivity contribution in [2.45, 2.75) is 25.3 Å². The van der Waals surface area contributed by atoms with Crippen molar-refractivity contribution in [2.24, 2.45) is 0 Å². The summed E-state index contributed by atoms with van der Waals surface area (Å²) >= 11 is 6.24. The molecule has 1 aliphatic rings. The molecule has 0 spiro atoms. The van der Waals surface area contributed by atoms with Crippen LogP contribution in [0.3, 0.4) is 0 Å². The highest BCUT2D eigenvalue weighted by Crippen LogP contribution is 2.46. The minimum absolute atomic E-state index is 0. The van der Waals surface area contributed by atoms with E-state index in [1.807, 2.05) is 49.5 Å². The van der Waals surface area contributed by atoms with Gasteiger partial charge >= 0.3 is 0 Å². The standard InChI is InChI=1S/C21H26ClN3O.BrH/c1-21(2)18-13-15(22)5-9-19(18)25(11-12-26)20(21)10-7-16-6-8-17(14-23-16)24(3)4;/h5-10,13-14,20,26H,11-12H2,1-4H3;1H. The monoisotopic (exact) mass is 451 g/mol. The fourth-order valence-electron chi connectivity index (χ4n) is 3.64. The number of aliphatic hydroxyl groups is 1. The molecule has 0 bridgehead atoms. The van der Waals surface area contributed by atoms with Gasteiger partial charge in [-0.05, 0) is 42.0 Å². The number of nitrogens with zero attached hydrogens (tertiary/aromatic N) is 3. The third-order valence-electron chi connectivity index (χ3n) is 5.11. The van der Waals surface area contributed by atoms with E-state index in [1.54, 1.807) is 0 Å². The van der Waals surface area contributed by atoms with Gasteiger partial charge in [-0.15, -0.1) is 17.0 Å². The van der Waals surface area contributed by atoms with E-state index in [4.69, 9.17) is 11.6 Å². The maximum absolute atomic E-state index is 9.55. The summed E-state index contributed by atoms with van der Waals surface area (Å²) in [6.45, 7) is 5.13. The van der Waals surface area contributed by atoms with E-state index in [-0.39, 0.29) is 35.0 Å². The number of anilines is 2. The summed E-state index contributed by atoms with van der Waals surface area (Å²) in [6.07, 6.45) is 6.12. The summed E-state index contributed by atoms with van der Waals surface area (Å²) in [6, 6.07) is 10.2. The molecule has 0 amide bonds. The molecule has 0 fully saturated rings. The van der Waals surface area contributed by atoms with Gasteiger partial charge in [0.2, 0.25) is 0 Å². The average molecular weight is 453 g/mol. The van der Waals surface area contributed by atoms with Gasteiger partial charge in [0.1, 0.15) is 0 Å². The second kappa shape index (κ2) is 8.63. The van der Waals surface area contributed by atoms with E-state index in [0.29, 0.717) is 6.54 Å². The molecule has 6 heteroatoms. The van der Waals surface area contributed by atoms with E-state index >= 15 is 0 Å². The number of rotatable bonds is 5. The summed E-state index contributed by atoms with van der Waals surface area (Å²) in [5.74, 6) is 0. The van der Waals surface area contributed by atoms with E-state index in [1.165, 1.54) is 5.56 Å². The van der Waals surface area contributed by atoms with Crippen molar-refractivity contribution in [1.29, 1.82) is 0 Å². The van der Waals surface area contributed by atoms with E-state index < -0.39 is 0 Å². The Labute approximate surface area is 177 Å². The molecular weight excluding hydrogens is 426 g/mol. The Bertz CT molecular complexity index is 806. The predicted octanol–water partition coefficient (Wildman–Crippen LogP) is 4.55. The highest BCUT2D eigenvalue weighted by Gasteiger charge is 2.42. The van der Waals surface area contributed by atoms with Crippen molar-refractivity contribution in [3.8, 4) is 0 Å². The number of β-amino-alcohol motifs (C(OH)–C–C–N with tert-alkyl or cyclic N) is 1. The molecule has 2 aromatic rings. The molecule has 1 aliphatic heterocycles. The lowest BCUT2D eigenvalue weighted by Crippen LogP contribution is -2.41. The van der Waals surface area contributed by atoms with Crippen LogP contribution < -0.4 is 9.80 Å². The molecule has 1 atom stereocenters. The zero-order valence-electron chi connectivity index (χ0n) is 16.2. The number of aliphatic hydroxyl groups excluding tert-OH is 1. The minimum atomic E-state index is -0.116. The maximum Gasteiger partial charge on any atom is 0.0628 e. The normalized spacial score (nSPS) is 17.7. The van der Waals surface area contributed by atoms with Crippen molar-refractivity contribution >= 4 is 46.0 Å². The van der Waals surface area contributed by atoms with Crippen LogP contribution >= 0.6 is 28.6 Å². The van der Waals surface area contributed by atoms with Crippen LogP contribution in [0.4, 0.5) is 11.4 Å². The first-order valence-corrected chi connectivity index (χ1v) is 9.21. The zero-order valence-corrected chi connectivity index (χ0v) is 18.7. The number of halogens is 2. The molecule has 4 nitrogen and oxygen atoms in total. The smallest absolute Gasteiger partial charge is 0.0628 e. The van der Waals surface area contributed by atoms with Crippen LogP contribution in [0, 0.1) is 0 Å². The summed E-state index contributed by atoms with van der Waals surface area (Å²) < 4.78 is 0. The van der Waals surface area contributed by atoms with Crippen molar-refractivity contribution in [2.75, 3.05) is 37.0 Å². The number of pyridine rings is 1. The van der Waals surface area contributed by atoms with Gasteiger partial charge in [0.05, 0.1) is 30.2 Å². The third kappa shape index (κ3) is 4.31. The van der Waals surface area contributed by atoms with Crippen molar-refractivity contribution in [3.05, 3.63) is 58.9 Å². The molecule has 1 aromatic heterocycles. The lowest BCUT2D eigenvalue weighted by Gasteiger charge is -2.32. The van der Waals surface area contributed by atoms with Crippen LogP contribution in [0.15, 0.2) is 42.6 Å². The van der Waals surface area contributed by atoms with Crippen LogP contribution in [0.25, 0.3) is 6.08 Å². The van der Waals surface area contributed by atoms with Crippen molar-refractivity contribution in [1.82, 2.24) is 4.98 Å². The molecule has 3 rings (SSSR count). The molecule has 1 N–H and O–H groups in total. The lowest BCUT2D eigenvalue weighted by molar-refractivity contribution is 0.296. The van der Waals surface area contributed by atoms with Crippen LogP contribution in [-0.2, 0) is 5.41 Å². The van der Waals surface area contributed by atoms with Gasteiger partial charge in [0.25, 0.3) is 0 Å². The molecule has 0 aliphatic carbocycles. The Balaban J connectivity index is 0.00000261. The minimum Gasteiger partial charge on any atom is -0.395 e. The first-order valence-electron chi connectivity index (χ1n) is 8.83. The highest BCUT2D eigenvalue weighted by molar-refractivity contribution is 8.93. The Kier molecular flexibility index (Phi) is 6.95. The average Bonchev–Trinajstić information content (AvgIpc) is 2.81. The summed E-state index contributed by atoms with van der Waals surface area (Å²) in [5, 5.41) is 10.3. The van der Waals surface area contributed by atoms with Crippen molar-refractivity contribution in [3.63, 3.8) is 0 Å². The quantitative estimate of drug-likeness (QED) is 0.722. The Morgan fingerprint density at radius 2 is 2.00 bits per heavy atom. The number of hydrogen-bond acceptors (Lipinski definition) is 4. The van der Waals surface area contributed by atoms with Crippen molar-refractivity contribution < 1.29 is 5.11 Å². The topological polar surface area (TPSA) is 39.6 Å². The molecular formula is C21H27BrClN3O. The lowest BCUT2D eigenvalue weighted by atomic mass is 9.80. The summed E-state index contributed by atoms with van der Waals surface area (Å²) in [5.41, 5.74) is 4.23. The van der Waals surface area contributed by atoms with Gasteiger partial charge in [-0.1, -0.05) is 31.5 Å². The molecule has 0 radical (unpaired) electrons. The second-order valence-corrected chi connectivity index (χ2v) is 7.88. The fraction of sp³-hybridized carbons (Fsp3) is 0.381. The Morgan fingerprint density at radius 3 is 2.59 bits per heavy atom. The first kappa shape index (κ1) is 21.7. The van der Waals surface area contributed by atoms with E-state index in [0.717, 1.165) is 22.1 Å². The van der Waals surface area contributed by atoms with Gasteiger partial charge in [-0.2, -0.15) is 0 Å². The van der Waals surface area contributed by atoms with Crippen LogP contribution in [0.5, 0.6) is 0 Å². The van der Waals surface area contributed by atoms with Crippen LogP contribution in [0.1, 0.15) is 25.1 Å². The molecule has 0 saturated carbocycles. The molecule has 2 heterocycles. The molecule has 0 saturated heterocycles. The van der Waals surface area contributed by atoms with Gasteiger partial charge in [-0.3, -0.25) is 4.98 Å². The number of benzene rings is 1. The zero-order chi connectivity index (χ0) is 18.9. The maximum atomic E-state index is 9.55. The number of hydrogen-bond donors (Lipinski definition) is 1. The first-order chi connectivity index (χ1) is 12.3. The van der Waals surface area contributed by atoms with Crippen LogP contribution in [-0.4, -0.2) is 43.4 Å². The summed E-state index contributed by atoms with van der Waals surface area (Å²) in [7, 11) is 4.01. The van der Waals surface area contributed by atoms with Gasteiger partial charge < -0.3 is 14.9 Å². The SMILES string of the molecule is Br.CN(C)c1ccc(C=CC2N(CCO)c3ccc(Cl)cc3C2(C)C)nc1.